The van der Waals surface area contributed by atoms with Crippen LogP contribution in [0.25, 0.3) is 0 Å². The fourth-order valence-electron chi connectivity index (χ4n) is 2.94. The van der Waals surface area contributed by atoms with Gasteiger partial charge in [-0.25, -0.2) is 0 Å². The third kappa shape index (κ3) is 5.02. The molecule has 1 fully saturated rings. The average Bonchev–Trinajstić information content (AvgIpc) is 2.67. The highest BCUT2D eigenvalue weighted by atomic mass is 79.9. The Balaban J connectivity index is 1.51. The number of Topliss-reactive ketones (excluding diaryl/α,β-unsaturated/α-hetero) is 1. The average molecular weight is 452 g/mol. The van der Waals surface area contributed by atoms with E-state index in [-0.39, 0.29) is 18.3 Å². The monoisotopic (exact) mass is 450 g/mol. The van der Waals surface area contributed by atoms with Gasteiger partial charge in [0.05, 0.1) is 5.02 Å². The standard InChI is InChI=1S/C20H20BrClN2O3/c1-14(25)15-2-5-17(6-3-15)23-8-10-24(11-9-23)20(26)13-27-19-7-4-16(21)12-18(19)22/h2-7,12H,8-11,13H2,1H3. The minimum Gasteiger partial charge on any atom is -0.482 e. The topological polar surface area (TPSA) is 49.9 Å². The van der Waals surface area contributed by atoms with Gasteiger partial charge in [-0.3, -0.25) is 9.59 Å². The number of ether oxygens (including phenoxy) is 1. The molecule has 0 unspecified atom stereocenters. The fourth-order valence-corrected chi connectivity index (χ4v) is 3.67. The van der Waals surface area contributed by atoms with E-state index < -0.39 is 0 Å². The summed E-state index contributed by atoms with van der Waals surface area (Å²) in [5.74, 6) is 0.501. The molecule has 3 rings (SSSR count). The summed E-state index contributed by atoms with van der Waals surface area (Å²) in [4.78, 5) is 27.8. The van der Waals surface area contributed by atoms with Crippen molar-refractivity contribution < 1.29 is 14.3 Å². The van der Waals surface area contributed by atoms with E-state index in [9.17, 15) is 9.59 Å². The molecule has 1 aliphatic rings. The molecule has 0 bridgehead atoms. The van der Waals surface area contributed by atoms with Crippen LogP contribution in [-0.2, 0) is 4.79 Å². The first-order valence-corrected chi connectivity index (χ1v) is 9.83. The molecule has 1 amide bonds. The van der Waals surface area contributed by atoms with Gasteiger partial charge in [0.2, 0.25) is 0 Å². The van der Waals surface area contributed by atoms with E-state index in [4.69, 9.17) is 16.3 Å². The maximum atomic E-state index is 12.4. The molecule has 2 aromatic rings. The summed E-state index contributed by atoms with van der Waals surface area (Å²) < 4.78 is 6.42. The second-order valence-electron chi connectivity index (χ2n) is 6.33. The number of rotatable bonds is 5. The van der Waals surface area contributed by atoms with E-state index in [1.54, 1.807) is 24.0 Å². The first kappa shape index (κ1) is 19.7. The molecule has 1 aliphatic heterocycles. The molecule has 0 atom stereocenters. The lowest BCUT2D eigenvalue weighted by atomic mass is 10.1. The SMILES string of the molecule is CC(=O)c1ccc(N2CCN(C(=O)COc3ccc(Br)cc3Cl)CC2)cc1. The first-order valence-electron chi connectivity index (χ1n) is 8.65. The predicted octanol–water partition coefficient (Wildman–Crippen LogP) is 4.03. The van der Waals surface area contributed by atoms with Crippen LogP contribution in [0.2, 0.25) is 5.02 Å². The molecule has 0 spiro atoms. The number of piperazine rings is 1. The molecular formula is C20H20BrClN2O3. The Morgan fingerprint density at radius 2 is 1.74 bits per heavy atom. The van der Waals surface area contributed by atoms with Crippen LogP contribution in [0.4, 0.5) is 5.69 Å². The van der Waals surface area contributed by atoms with Crippen LogP contribution < -0.4 is 9.64 Å². The summed E-state index contributed by atoms with van der Waals surface area (Å²) in [7, 11) is 0. The molecule has 0 radical (unpaired) electrons. The zero-order chi connectivity index (χ0) is 19.4. The van der Waals surface area contributed by atoms with Gasteiger partial charge in [-0.05, 0) is 49.4 Å². The lowest BCUT2D eigenvalue weighted by Crippen LogP contribution is -2.50. The number of carbonyl (C=O) groups excluding carboxylic acids is 2. The minimum atomic E-state index is -0.0550. The summed E-state index contributed by atoms with van der Waals surface area (Å²) in [6.07, 6.45) is 0. The van der Waals surface area contributed by atoms with Gasteiger partial charge in [-0.15, -0.1) is 0 Å². The summed E-state index contributed by atoms with van der Waals surface area (Å²) in [6, 6.07) is 12.9. The number of benzene rings is 2. The molecule has 2 aromatic carbocycles. The maximum absolute atomic E-state index is 12.4. The van der Waals surface area contributed by atoms with Gasteiger partial charge < -0.3 is 14.5 Å². The zero-order valence-corrected chi connectivity index (χ0v) is 17.3. The van der Waals surface area contributed by atoms with Crippen molar-refractivity contribution in [3.63, 3.8) is 0 Å². The summed E-state index contributed by atoms with van der Waals surface area (Å²) in [6.45, 7) is 4.27. The molecule has 1 heterocycles. The number of ketones is 1. The third-order valence-electron chi connectivity index (χ3n) is 4.52. The van der Waals surface area contributed by atoms with Gasteiger partial charge in [0.15, 0.2) is 12.4 Å². The van der Waals surface area contributed by atoms with Crippen molar-refractivity contribution in [2.24, 2.45) is 0 Å². The van der Waals surface area contributed by atoms with Gasteiger partial charge in [-0.2, -0.15) is 0 Å². The van der Waals surface area contributed by atoms with Crippen molar-refractivity contribution in [2.45, 2.75) is 6.92 Å². The highest BCUT2D eigenvalue weighted by Crippen LogP contribution is 2.27. The number of anilines is 1. The van der Waals surface area contributed by atoms with Crippen molar-refractivity contribution >= 4 is 44.9 Å². The lowest BCUT2D eigenvalue weighted by Gasteiger charge is -2.36. The van der Waals surface area contributed by atoms with Crippen molar-refractivity contribution in [1.82, 2.24) is 4.90 Å². The Hall–Kier alpha value is -2.05. The molecule has 1 saturated heterocycles. The zero-order valence-electron chi connectivity index (χ0n) is 15.0. The summed E-state index contributed by atoms with van der Waals surface area (Å²) in [5.41, 5.74) is 1.77. The molecule has 0 aliphatic carbocycles. The molecule has 0 N–H and O–H groups in total. The van der Waals surface area contributed by atoms with E-state index in [1.807, 2.05) is 30.3 Å². The Bertz CT molecular complexity index is 834. The van der Waals surface area contributed by atoms with Crippen LogP contribution in [0.5, 0.6) is 5.75 Å². The number of amides is 1. The minimum absolute atomic E-state index is 0.0331. The van der Waals surface area contributed by atoms with Gasteiger partial charge in [0, 0.05) is 41.9 Å². The molecule has 5 nitrogen and oxygen atoms in total. The summed E-state index contributed by atoms with van der Waals surface area (Å²) >= 11 is 9.45. The number of nitrogens with zero attached hydrogens (tertiary/aromatic N) is 2. The number of hydrogen-bond donors (Lipinski definition) is 0. The van der Waals surface area contributed by atoms with Crippen LogP contribution in [0, 0.1) is 0 Å². The van der Waals surface area contributed by atoms with E-state index >= 15 is 0 Å². The number of halogens is 2. The van der Waals surface area contributed by atoms with Gasteiger partial charge in [-0.1, -0.05) is 27.5 Å². The molecule has 0 saturated carbocycles. The van der Waals surface area contributed by atoms with Crippen LogP contribution in [0.15, 0.2) is 46.9 Å². The fraction of sp³-hybridized carbons (Fsp3) is 0.300. The Labute approximate surface area is 172 Å². The Morgan fingerprint density at radius 3 is 2.33 bits per heavy atom. The van der Waals surface area contributed by atoms with Crippen molar-refractivity contribution in [2.75, 3.05) is 37.7 Å². The van der Waals surface area contributed by atoms with E-state index in [2.05, 4.69) is 20.8 Å². The molecular weight excluding hydrogens is 432 g/mol. The highest BCUT2D eigenvalue weighted by molar-refractivity contribution is 9.10. The largest absolute Gasteiger partial charge is 0.482 e. The van der Waals surface area contributed by atoms with Crippen LogP contribution in [0.1, 0.15) is 17.3 Å². The predicted molar refractivity (Wildman–Crippen MR) is 110 cm³/mol. The molecule has 0 aromatic heterocycles. The maximum Gasteiger partial charge on any atom is 0.260 e. The Kier molecular flexibility index (Phi) is 6.39. The van der Waals surface area contributed by atoms with Crippen LogP contribution in [-0.4, -0.2) is 49.4 Å². The Morgan fingerprint density at radius 1 is 1.07 bits per heavy atom. The van der Waals surface area contributed by atoms with E-state index in [0.717, 1.165) is 23.2 Å². The molecule has 27 heavy (non-hydrogen) atoms. The highest BCUT2D eigenvalue weighted by Gasteiger charge is 2.22. The van der Waals surface area contributed by atoms with Gasteiger partial charge >= 0.3 is 0 Å². The number of carbonyl (C=O) groups is 2. The molecule has 142 valence electrons. The quantitative estimate of drug-likeness (QED) is 0.644. The van der Waals surface area contributed by atoms with Gasteiger partial charge in [0.1, 0.15) is 5.75 Å². The second-order valence-corrected chi connectivity index (χ2v) is 7.66. The number of hydrogen-bond acceptors (Lipinski definition) is 4. The summed E-state index contributed by atoms with van der Waals surface area (Å²) in [5, 5.41) is 0.469. The van der Waals surface area contributed by atoms with Crippen molar-refractivity contribution in [3.8, 4) is 5.75 Å². The third-order valence-corrected chi connectivity index (χ3v) is 5.31. The van der Waals surface area contributed by atoms with Crippen LogP contribution in [0.3, 0.4) is 0 Å². The van der Waals surface area contributed by atoms with Crippen LogP contribution >= 0.6 is 27.5 Å². The second kappa shape index (κ2) is 8.76. The lowest BCUT2D eigenvalue weighted by molar-refractivity contribution is -0.133. The van der Waals surface area contributed by atoms with Crippen molar-refractivity contribution in [3.05, 3.63) is 57.5 Å². The van der Waals surface area contributed by atoms with E-state index in [0.29, 0.717) is 29.4 Å². The van der Waals surface area contributed by atoms with E-state index in [1.165, 1.54) is 0 Å². The normalized spacial score (nSPS) is 14.2. The molecule has 7 heteroatoms. The smallest absolute Gasteiger partial charge is 0.260 e. The van der Waals surface area contributed by atoms with Crippen molar-refractivity contribution in [1.29, 1.82) is 0 Å². The first-order chi connectivity index (χ1) is 12.9. The van der Waals surface area contributed by atoms with Gasteiger partial charge in [0.25, 0.3) is 5.91 Å².